The van der Waals surface area contributed by atoms with Gasteiger partial charge in [-0.1, -0.05) is 32.9 Å². The Morgan fingerprint density at radius 1 is 1.12 bits per heavy atom. The average molecular weight is 370 g/mol. The van der Waals surface area contributed by atoms with E-state index >= 15 is 0 Å². The number of rotatable bonds is 9. The highest BCUT2D eigenvalue weighted by atomic mass is 31.2. The topological polar surface area (TPSA) is 82.1 Å². The molecule has 0 aromatic heterocycles. The number of hydrogen-bond acceptors (Lipinski definition) is 5. The monoisotopic (exact) mass is 370 g/mol. The molecular weight excluding hydrogens is 343 g/mol. The summed E-state index contributed by atoms with van der Waals surface area (Å²) >= 11 is 0. The van der Waals surface area contributed by atoms with E-state index in [2.05, 4.69) is 0 Å². The fraction of sp³-hybridized carbons (Fsp3) is 0.500. The summed E-state index contributed by atoms with van der Waals surface area (Å²) in [4.78, 5) is 11.1. The third kappa shape index (κ3) is 7.86. The van der Waals surface area contributed by atoms with Crippen LogP contribution in [0.2, 0.25) is 0 Å². The maximum atomic E-state index is 12.4. The molecule has 25 heavy (non-hydrogen) atoms. The predicted octanol–water partition coefficient (Wildman–Crippen LogP) is 5.15. The molecule has 6 nitrogen and oxygen atoms in total. The van der Waals surface area contributed by atoms with Gasteiger partial charge in [0.05, 0.1) is 13.2 Å². The standard InChI is InChI=1S/C18H27O6P/c1-6-22-25(21,23-7-2)24-16-10-8-14(9-11-16)15(12-17(19)20)13-18(3,4)5/h8-12H,6-7,13H2,1-5H3,(H,19,20)/b15-12-. The van der Waals surface area contributed by atoms with Crippen LogP contribution in [0.25, 0.3) is 5.57 Å². The van der Waals surface area contributed by atoms with Crippen molar-refractivity contribution in [3.63, 3.8) is 0 Å². The Balaban J connectivity index is 3.03. The molecule has 1 rings (SSSR count). The Kier molecular flexibility index (Phi) is 7.87. The molecule has 1 N–H and O–H groups in total. The Bertz CT molecular complexity index is 633. The lowest BCUT2D eigenvalue weighted by Gasteiger charge is -2.21. The Hall–Kier alpha value is -1.62. The molecule has 0 spiro atoms. The number of benzene rings is 1. The largest absolute Gasteiger partial charge is 0.530 e. The number of phosphoric ester groups is 1. The van der Waals surface area contributed by atoms with Crippen LogP contribution in [0, 0.1) is 5.41 Å². The second kappa shape index (κ2) is 9.18. The van der Waals surface area contributed by atoms with Crippen molar-refractivity contribution in [3.05, 3.63) is 35.9 Å². The zero-order chi connectivity index (χ0) is 19.1. The number of carboxylic acid groups (broad SMARTS) is 1. The molecule has 0 atom stereocenters. The van der Waals surface area contributed by atoms with Crippen molar-refractivity contribution in [1.29, 1.82) is 0 Å². The van der Waals surface area contributed by atoms with Gasteiger partial charge in [-0.25, -0.2) is 9.36 Å². The fourth-order valence-corrected chi connectivity index (χ4v) is 3.41. The van der Waals surface area contributed by atoms with Gasteiger partial charge in [-0.15, -0.1) is 0 Å². The van der Waals surface area contributed by atoms with E-state index in [-0.39, 0.29) is 18.6 Å². The Morgan fingerprint density at radius 2 is 1.64 bits per heavy atom. The van der Waals surface area contributed by atoms with Gasteiger partial charge in [-0.3, -0.25) is 9.05 Å². The molecular formula is C18H27O6P. The summed E-state index contributed by atoms with van der Waals surface area (Å²) in [6, 6.07) is 6.72. The number of carbonyl (C=O) groups is 1. The lowest BCUT2D eigenvalue weighted by atomic mass is 9.85. The molecule has 0 aliphatic heterocycles. The Morgan fingerprint density at radius 3 is 2.04 bits per heavy atom. The van der Waals surface area contributed by atoms with E-state index in [1.165, 1.54) is 6.08 Å². The molecule has 0 saturated carbocycles. The van der Waals surface area contributed by atoms with Gasteiger partial charge < -0.3 is 9.63 Å². The van der Waals surface area contributed by atoms with Gasteiger partial charge in [-0.2, -0.15) is 0 Å². The first kappa shape index (κ1) is 21.4. The molecule has 0 saturated heterocycles. The van der Waals surface area contributed by atoms with Crippen molar-refractivity contribution in [3.8, 4) is 5.75 Å². The Labute approximate surface area is 149 Å². The third-order valence-corrected chi connectivity index (χ3v) is 4.62. The van der Waals surface area contributed by atoms with Crippen molar-refractivity contribution in [2.75, 3.05) is 13.2 Å². The van der Waals surface area contributed by atoms with E-state index in [1.807, 2.05) is 20.8 Å². The van der Waals surface area contributed by atoms with E-state index in [1.54, 1.807) is 38.1 Å². The van der Waals surface area contributed by atoms with Gasteiger partial charge in [0, 0.05) is 6.08 Å². The first-order valence-electron chi connectivity index (χ1n) is 8.21. The lowest BCUT2D eigenvalue weighted by molar-refractivity contribution is -0.131. The second-order valence-corrected chi connectivity index (χ2v) is 8.24. The number of carboxylic acids is 1. The van der Waals surface area contributed by atoms with Crippen molar-refractivity contribution in [2.24, 2.45) is 5.41 Å². The number of allylic oxidation sites excluding steroid dienone is 1. The van der Waals surface area contributed by atoms with Crippen LogP contribution < -0.4 is 4.52 Å². The van der Waals surface area contributed by atoms with Crippen LogP contribution in [0.1, 0.15) is 46.6 Å². The summed E-state index contributed by atoms with van der Waals surface area (Å²) in [5.74, 6) is -0.656. The highest BCUT2D eigenvalue weighted by Crippen LogP contribution is 2.49. The minimum Gasteiger partial charge on any atom is -0.478 e. The van der Waals surface area contributed by atoms with Crippen LogP contribution in [0.3, 0.4) is 0 Å². The quantitative estimate of drug-likeness (QED) is 0.478. The number of phosphoric acid groups is 1. The van der Waals surface area contributed by atoms with Crippen molar-refractivity contribution >= 4 is 19.4 Å². The zero-order valence-corrected chi connectivity index (χ0v) is 16.3. The van der Waals surface area contributed by atoms with E-state index in [0.29, 0.717) is 17.7 Å². The van der Waals surface area contributed by atoms with E-state index in [9.17, 15) is 9.36 Å². The van der Waals surface area contributed by atoms with Crippen LogP contribution >= 0.6 is 7.82 Å². The third-order valence-electron chi connectivity index (χ3n) is 3.04. The van der Waals surface area contributed by atoms with Gasteiger partial charge in [0.1, 0.15) is 5.75 Å². The summed E-state index contributed by atoms with van der Waals surface area (Å²) < 4.78 is 27.9. The molecule has 7 heteroatoms. The summed E-state index contributed by atoms with van der Waals surface area (Å²) in [6.07, 6.45) is 1.82. The highest BCUT2D eigenvalue weighted by Gasteiger charge is 2.27. The maximum Gasteiger partial charge on any atom is 0.530 e. The van der Waals surface area contributed by atoms with E-state index in [0.717, 1.165) is 5.56 Å². The van der Waals surface area contributed by atoms with E-state index < -0.39 is 13.8 Å². The van der Waals surface area contributed by atoms with Gasteiger partial charge >= 0.3 is 13.8 Å². The molecule has 1 aromatic carbocycles. The van der Waals surface area contributed by atoms with Crippen LogP contribution in [-0.4, -0.2) is 24.3 Å². The van der Waals surface area contributed by atoms with Gasteiger partial charge in [0.2, 0.25) is 0 Å². The normalized spacial score (nSPS) is 12.9. The molecule has 0 bridgehead atoms. The second-order valence-electron chi connectivity index (χ2n) is 6.64. The minimum atomic E-state index is -3.64. The van der Waals surface area contributed by atoms with Crippen LogP contribution in [0.4, 0.5) is 0 Å². The molecule has 0 amide bonds. The van der Waals surface area contributed by atoms with Gasteiger partial charge in [-0.05, 0) is 49.0 Å². The van der Waals surface area contributed by atoms with Crippen molar-refractivity contribution in [2.45, 2.75) is 41.0 Å². The molecule has 0 aliphatic rings. The SMILES string of the molecule is CCOP(=O)(OCC)Oc1ccc(/C(=C\C(=O)O)CC(C)(C)C)cc1. The minimum absolute atomic E-state index is 0.0594. The summed E-state index contributed by atoms with van der Waals surface area (Å²) in [6.45, 7) is 9.93. The van der Waals surface area contributed by atoms with Gasteiger partial charge in [0.25, 0.3) is 0 Å². The smallest absolute Gasteiger partial charge is 0.478 e. The maximum absolute atomic E-state index is 12.4. The van der Waals surface area contributed by atoms with Crippen molar-refractivity contribution < 1.29 is 28.0 Å². The highest BCUT2D eigenvalue weighted by molar-refractivity contribution is 7.48. The average Bonchev–Trinajstić information content (AvgIpc) is 2.45. The molecule has 0 heterocycles. The summed E-state index contributed by atoms with van der Waals surface area (Å²) in [5.41, 5.74) is 1.42. The zero-order valence-electron chi connectivity index (χ0n) is 15.4. The molecule has 140 valence electrons. The van der Waals surface area contributed by atoms with E-state index in [4.69, 9.17) is 18.7 Å². The number of aliphatic carboxylic acids is 1. The molecule has 0 aliphatic carbocycles. The van der Waals surface area contributed by atoms with Gasteiger partial charge in [0.15, 0.2) is 0 Å². The summed E-state index contributed by atoms with van der Waals surface area (Å²) in [7, 11) is -3.64. The number of hydrogen-bond donors (Lipinski definition) is 1. The molecule has 1 aromatic rings. The fourth-order valence-electron chi connectivity index (χ4n) is 2.22. The summed E-state index contributed by atoms with van der Waals surface area (Å²) in [5, 5.41) is 9.10. The first-order valence-corrected chi connectivity index (χ1v) is 9.67. The predicted molar refractivity (Wildman–Crippen MR) is 97.6 cm³/mol. The van der Waals surface area contributed by atoms with Crippen molar-refractivity contribution in [1.82, 2.24) is 0 Å². The lowest BCUT2D eigenvalue weighted by Crippen LogP contribution is -2.07. The van der Waals surface area contributed by atoms with Crippen LogP contribution in [0.15, 0.2) is 30.3 Å². The van der Waals surface area contributed by atoms with Crippen LogP contribution in [-0.2, 0) is 18.4 Å². The first-order chi connectivity index (χ1) is 11.6. The molecule has 0 fully saturated rings. The molecule has 0 unspecified atom stereocenters. The van der Waals surface area contributed by atoms with Crippen LogP contribution in [0.5, 0.6) is 5.75 Å². The molecule has 0 radical (unpaired) electrons.